The minimum absolute atomic E-state index is 0.0532. The monoisotopic (exact) mass is 241 g/mol. The van der Waals surface area contributed by atoms with Gasteiger partial charge >= 0.3 is 0 Å². The highest BCUT2D eigenvalue weighted by Crippen LogP contribution is 2.29. The minimum Gasteiger partial charge on any atom is -0.466 e. The molecule has 0 radical (unpaired) electrons. The second-order valence-corrected chi connectivity index (χ2v) is 4.62. The number of hydrogen-bond acceptors (Lipinski definition) is 2. The van der Waals surface area contributed by atoms with Crippen LogP contribution in [0.2, 0.25) is 0 Å². The predicted octanol–water partition coefficient (Wildman–Crippen LogP) is 2.74. The molecule has 1 heterocycles. The molecule has 1 aliphatic carbocycles. The van der Waals surface area contributed by atoms with Crippen LogP contribution in [0.4, 0.5) is 0 Å². The molecule has 88 valence electrons. The van der Waals surface area contributed by atoms with E-state index in [1.54, 1.807) is 6.07 Å². The van der Waals surface area contributed by atoms with Crippen molar-refractivity contribution in [3.05, 3.63) is 23.2 Å². The van der Waals surface area contributed by atoms with Gasteiger partial charge in [-0.2, -0.15) is 0 Å². The van der Waals surface area contributed by atoms with Gasteiger partial charge in [0.25, 0.3) is 5.91 Å². The van der Waals surface area contributed by atoms with Gasteiger partial charge in [-0.15, -0.1) is 11.6 Å². The Bertz CT molecular complexity index is 396. The van der Waals surface area contributed by atoms with Crippen LogP contribution in [-0.2, 0) is 0 Å². The standard InChI is InChI=1S/C12H16ClNO2/c1-8-7-11(9(2)16-8)12(15)14(6-5-13)10-3-4-10/h7,10H,3-6H2,1-2H3. The highest BCUT2D eigenvalue weighted by atomic mass is 35.5. The molecule has 0 aromatic carbocycles. The Morgan fingerprint density at radius 2 is 2.25 bits per heavy atom. The average Bonchev–Trinajstić information content (AvgIpc) is 3.00. The number of aryl methyl sites for hydroxylation is 2. The van der Waals surface area contributed by atoms with E-state index in [2.05, 4.69) is 0 Å². The third-order valence-corrected chi connectivity index (χ3v) is 3.01. The molecule has 1 aromatic rings. The lowest BCUT2D eigenvalue weighted by Crippen LogP contribution is -2.34. The van der Waals surface area contributed by atoms with Crippen molar-refractivity contribution in [3.8, 4) is 0 Å². The first kappa shape index (κ1) is 11.5. The maximum Gasteiger partial charge on any atom is 0.257 e. The van der Waals surface area contributed by atoms with E-state index in [0.29, 0.717) is 29.8 Å². The number of furan rings is 1. The topological polar surface area (TPSA) is 33.5 Å². The fourth-order valence-corrected chi connectivity index (χ4v) is 2.11. The number of alkyl halides is 1. The lowest BCUT2D eigenvalue weighted by molar-refractivity contribution is 0.0752. The van der Waals surface area contributed by atoms with Gasteiger partial charge in [-0.05, 0) is 32.8 Å². The summed E-state index contributed by atoms with van der Waals surface area (Å²) in [6.45, 7) is 4.30. The van der Waals surface area contributed by atoms with Crippen LogP contribution in [0, 0.1) is 13.8 Å². The number of halogens is 1. The summed E-state index contributed by atoms with van der Waals surface area (Å²) in [5.74, 6) is 2.01. The minimum atomic E-state index is 0.0532. The van der Waals surface area contributed by atoms with E-state index in [-0.39, 0.29) is 5.91 Å². The Labute approximate surface area is 100 Å². The van der Waals surface area contributed by atoms with Crippen molar-refractivity contribution in [2.24, 2.45) is 0 Å². The van der Waals surface area contributed by atoms with E-state index in [1.807, 2.05) is 18.7 Å². The van der Waals surface area contributed by atoms with Crippen molar-refractivity contribution in [1.82, 2.24) is 4.90 Å². The van der Waals surface area contributed by atoms with Gasteiger partial charge in [0, 0.05) is 18.5 Å². The highest BCUT2D eigenvalue weighted by Gasteiger charge is 2.33. The zero-order valence-electron chi connectivity index (χ0n) is 9.62. The maximum atomic E-state index is 12.3. The first-order valence-corrected chi connectivity index (χ1v) is 6.11. The van der Waals surface area contributed by atoms with Crippen molar-refractivity contribution in [3.63, 3.8) is 0 Å². The fourth-order valence-electron chi connectivity index (χ4n) is 1.93. The van der Waals surface area contributed by atoms with E-state index >= 15 is 0 Å². The van der Waals surface area contributed by atoms with Gasteiger partial charge in [-0.25, -0.2) is 0 Å². The third kappa shape index (κ3) is 2.24. The maximum absolute atomic E-state index is 12.3. The summed E-state index contributed by atoms with van der Waals surface area (Å²) >= 11 is 5.73. The van der Waals surface area contributed by atoms with E-state index in [0.717, 1.165) is 18.6 Å². The van der Waals surface area contributed by atoms with Gasteiger partial charge < -0.3 is 9.32 Å². The van der Waals surface area contributed by atoms with E-state index in [1.165, 1.54) is 0 Å². The third-order valence-electron chi connectivity index (χ3n) is 2.85. The number of rotatable bonds is 4. The summed E-state index contributed by atoms with van der Waals surface area (Å²) < 4.78 is 5.38. The molecule has 1 fully saturated rings. The molecule has 0 bridgehead atoms. The fraction of sp³-hybridized carbons (Fsp3) is 0.583. The zero-order chi connectivity index (χ0) is 11.7. The Balaban J connectivity index is 2.18. The SMILES string of the molecule is Cc1cc(C(=O)N(CCCl)C2CC2)c(C)o1. The molecule has 0 aliphatic heterocycles. The van der Waals surface area contributed by atoms with Gasteiger partial charge in [0.05, 0.1) is 5.56 Å². The van der Waals surface area contributed by atoms with Crippen LogP contribution in [-0.4, -0.2) is 29.3 Å². The van der Waals surface area contributed by atoms with Crippen molar-refractivity contribution >= 4 is 17.5 Å². The Kier molecular flexibility index (Phi) is 3.24. The summed E-state index contributed by atoms with van der Waals surface area (Å²) in [5.41, 5.74) is 0.675. The summed E-state index contributed by atoms with van der Waals surface area (Å²) in [6, 6.07) is 2.20. The van der Waals surface area contributed by atoms with Crippen molar-refractivity contribution in [2.45, 2.75) is 32.7 Å². The highest BCUT2D eigenvalue weighted by molar-refractivity contribution is 6.18. The van der Waals surface area contributed by atoms with Crippen molar-refractivity contribution in [2.75, 3.05) is 12.4 Å². The molecule has 0 N–H and O–H groups in total. The largest absolute Gasteiger partial charge is 0.466 e. The second-order valence-electron chi connectivity index (χ2n) is 4.25. The molecule has 0 saturated heterocycles. The molecule has 1 amide bonds. The molecular weight excluding hydrogens is 226 g/mol. The number of carbonyl (C=O) groups is 1. The first-order valence-electron chi connectivity index (χ1n) is 5.57. The second kappa shape index (κ2) is 4.50. The van der Waals surface area contributed by atoms with Gasteiger partial charge in [-0.1, -0.05) is 0 Å². The van der Waals surface area contributed by atoms with E-state index < -0.39 is 0 Å². The molecule has 1 aromatic heterocycles. The number of nitrogens with zero attached hydrogens (tertiary/aromatic N) is 1. The van der Waals surface area contributed by atoms with Crippen LogP contribution in [0.5, 0.6) is 0 Å². The van der Waals surface area contributed by atoms with Crippen LogP contribution in [0.15, 0.2) is 10.5 Å². The zero-order valence-corrected chi connectivity index (χ0v) is 10.4. The molecule has 2 rings (SSSR count). The van der Waals surface area contributed by atoms with Crippen LogP contribution < -0.4 is 0 Å². The normalized spacial score (nSPS) is 15.2. The van der Waals surface area contributed by atoms with E-state index in [4.69, 9.17) is 16.0 Å². The number of amides is 1. The van der Waals surface area contributed by atoms with Gasteiger partial charge in [0.1, 0.15) is 11.5 Å². The Morgan fingerprint density at radius 3 is 2.69 bits per heavy atom. The molecule has 4 heteroatoms. The average molecular weight is 242 g/mol. The molecular formula is C12H16ClNO2. The van der Waals surface area contributed by atoms with Gasteiger partial charge in [0.15, 0.2) is 0 Å². The molecule has 1 saturated carbocycles. The van der Waals surface area contributed by atoms with Gasteiger partial charge in [-0.3, -0.25) is 4.79 Å². The summed E-state index contributed by atoms with van der Waals surface area (Å²) in [6.07, 6.45) is 2.19. The molecule has 0 unspecified atom stereocenters. The molecule has 1 aliphatic rings. The lowest BCUT2D eigenvalue weighted by atomic mass is 10.2. The molecule has 3 nitrogen and oxygen atoms in total. The summed E-state index contributed by atoms with van der Waals surface area (Å²) in [7, 11) is 0. The van der Waals surface area contributed by atoms with Crippen LogP contribution >= 0.6 is 11.6 Å². The predicted molar refractivity (Wildman–Crippen MR) is 63.0 cm³/mol. The molecule has 16 heavy (non-hydrogen) atoms. The van der Waals surface area contributed by atoms with Crippen LogP contribution in [0.3, 0.4) is 0 Å². The lowest BCUT2D eigenvalue weighted by Gasteiger charge is -2.20. The summed E-state index contributed by atoms with van der Waals surface area (Å²) in [4.78, 5) is 14.1. The quantitative estimate of drug-likeness (QED) is 0.760. The summed E-state index contributed by atoms with van der Waals surface area (Å²) in [5, 5.41) is 0. The van der Waals surface area contributed by atoms with Gasteiger partial charge in [0.2, 0.25) is 0 Å². The van der Waals surface area contributed by atoms with Crippen molar-refractivity contribution < 1.29 is 9.21 Å². The molecule has 0 spiro atoms. The van der Waals surface area contributed by atoms with Crippen LogP contribution in [0.1, 0.15) is 34.7 Å². The Hall–Kier alpha value is -0.960. The smallest absolute Gasteiger partial charge is 0.257 e. The van der Waals surface area contributed by atoms with Crippen molar-refractivity contribution in [1.29, 1.82) is 0 Å². The van der Waals surface area contributed by atoms with E-state index in [9.17, 15) is 4.79 Å². The number of hydrogen-bond donors (Lipinski definition) is 0. The first-order chi connectivity index (χ1) is 7.63. The Morgan fingerprint density at radius 1 is 1.56 bits per heavy atom. The van der Waals surface area contributed by atoms with Crippen LogP contribution in [0.25, 0.3) is 0 Å². The molecule has 0 atom stereocenters. The number of carbonyl (C=O) groups excluding carboxylic acids is 1.